The molecule has 4 N–H and O–H groups in total. The highest BCUT2D eigenvalue weighted by molar-refractivity contribution is 5.95. The smallest absolute Gasteiger partial charge is 0.303 e. The number of nitrogens with two attached hydrogens (primary N) is 1. The lowest BCUT2D eigenvalue weighted by molar-refractivity contribution is -0.137. The van der Waals surface area contributed by atoms with Crippen molar-refractivity contribution in [2.24, 2.45) is 5.73 Å². The number of rotatable bonds is 8. The summed E-state index contributed by atoms with van der Waals surface area (Å²) in [7, 11) is 0. The minimum absolute atomic E-state index is 0.114. The Morgan fingerprint density at radius 3 is 2.61 bits per heavy atom. The standard InChI is InChI=1S/C11H16N4O3/c12-10(18)9-11(15-7-6-13-9)14-5-3-1-2-4-8(16)17/h6-7H,1-5H2,(H2,12,18)(H,14,15)(H,16,17). The quantitative estimate of drug-likeness (QED) is 0.584. The molecule has 98 valence electrons. The molecule has 0 aliphatic rings. The van der Waals surface area contributed by atoms with Crippen molar-refractivity contribution >= 4 is 17.7 Å². The summed E-state index contributed by atoms with van der Waals surface area (Å²) in [5, 5.41) is 11.4. The van der Waals surface area contributed by atoms with Gasteiger partial charge in [0.15, 0.2) is 11.5 Å². The van der Waals surface area contributed by atoms with Crippen LogP contribution in [0.15, 0.2) is 12.4 Å². The van der Waals surface area contributed by atoms with Crippen molar-refractivity contribution in [3.8, 4) is 0 Å². The predicted molar refractivity (Wildman–Crippen MR) is 65.1 cm³/mol. The molecule has 7 heteroatoms. The van der Waals surface area contributed by atoms with Crippen LogP contribution in [0.1, 0.15) is 36.2 Å². The summed E-state index contributed by atoms with van der Waals surface area (Å²) >= 11 is 0. The maximum absolute atomic E-state index is 11.0. The number of amides is 1. The SMILES string of the molecule is NC(=O)c1nccnc1NCCCCCC(=O)O. The fourth-order valence-electron chi connectivity index (χ4n) is 1.43. The van der Waals surface area contributed by atoms with Crippen molar-refractivity contribution < 1.29 is 14.7 Å². The summed E-state index contributed by atoms with van der Waals surface area (Å²) in [6.45, 7) is 0.596. The van der Waals surface area contributed by atoms with Crippen LogP contribution in [0.5, 0.6) is 0 Å². The van der Waals surface area contributed by atoms with E-state index in [0.29, 0.717) is 18.8 Å². The van der Waals surface area contributed by atoms with Gasteiger partial charge in [0.2, 0.25) is 0 Å². The summed E-state index contributed by atoms with van der Waals surface area (Å²) in [6, 6.07) is 0. The predicted octanol–water partition coefficient (Wildman–Crippen LogP) is 0.632. The van der Waals surface area contributed by atoms with Crippen LogP contribution >= 0.6 is 0 Å². The number of unbranched alkanes of at least 4 members (excludes halogenated alkanes) is 2. The zero-order valence-corrected chi connectivity index (χ0v) is 9.93. The molecule has 7 nitrogen and oxygen atoms in total. The maximum Gasteiger partial charge on any atom is 0.303 e. The van der Waals surface area contributed by atoms with E-state index in [-0.39, 0.29) is 12.1 Å². The first-order valence-electron chi connectivity index (χ1n) is 5.67. The number of hydrogen-bond acceptors (Lipinski definition) is 5. The van der Waals surface area contributed by atoms with Gasteiger partial charge in [-0.3, -0.25) is 9.59 Å². The van der Waals surface area contributed by atoms with Gasteiger partial charge in [-0.05, 0) is 12.8 Å². The Balaban J connectivity index is 2.31. The van der Waals surface area contributed by atoms with Crippen LogP contribution in [0, 0.1) is 0 Å². The van der Waals surface area contributed by atoms with Crippen molar-refractivity contribution in [1.29, 1.82) is 0 Å². The number of carboxylic acid groups (broad SMARTS) is 1. The largest absolute Gasteiger partial charge is 0.481 e. The van der Waals surface area contributed by atoms with Crippen molar-refractivity contribution in [2.75, 3.05) is 11.9 Å². The molecule has 1 heterocycles. The number of aliphatic carboxylic acids is 1. The normalized spacial score (nSPS) is 10.0. The van der Waals surface area contributed by atoms with Crippen molar-refractivity contribution in [3.05, 3.63) is 18.1 Å². The van der Waals surface area contributed by atoms with Gasteiger partial charge in [0.1, 0.15) is 0 Å². The lowest BCUT2D eigenvalue weighted by atomic mass is 10.2. The number of carbonyl (C=O) groups excluding carboxylic acids is 1. The third-order valence-electron chi connectivity index (χ3n) is 2.29. The average molecular weight is 252 g/mol. The van der Waals surface area contributed by atoms with Gasteiger partial charge < -0.3 is 16.2 Å². The first-order chi connectivity index (χ1) is 8.61. The van der Waals surface area contributed by atoms with E-state index in [9.17, 15) is 9.59 Å². The Bertz CT molecular complexity index is 423. The van der Waals surface area contributed by atoms with Crippen molar-refractivity contribution in [3.63, 3.8) is 0 Å². The number of carboxylic acids is 1. The highest BCUT2D eigenvalue weighted by atomic mass is 16.4. The highest BCUT2D eigenvalue weighted by Gasteiger charge is 2.09. The molecule has 0 atom stereocenters. The van der Waals surface area contributed by atoms with E-state index in [1.54, 1.807) is 0 Å². The molecule has 0 aromatic carbocycles. The molecule has 0 fully saturated rings. The summed E-state index contributed by atoms with van der Waals surface area (Å²) in [5.74, 6) is -1.05. The zero-order chi connectivity index (χ0) is 13.4. The van der Waals surface area contributed by atoms with Gasteiger partial charge in [0, 0.05) is 25.4 Å². The monoisotopic (exact) mass is 252 g/mol. The van der Waals surface area contributed by atoms with Crippen LogP contribution in [0.4, 0.5) is 5.82 Å². The summed E-state index contributed by atoms with van der Waals surface area (Å²) < 4.78 is 0. The average Bonchev–Trinajstić information content (AvgIpc) is 2.33. The second-order valence-corrected chi connectivity index (χ2v) is 3.75. The van der Waals surface area contributed by atoms with Gasteiger partial charge in [0.05, 0.1) is 0 Å². The molecular weight excluding hydrogens is 236 g/mol. The third-order valence-corrected chi connectivity index (χ3v) is 2.29. The molecule has 0 aliphatic heterocycles. The van der Waals surface area contributed by atoms with Crippen LogP contribution in [0.25, 0.3) is 0 Å². The van der Waals surface area contributed by atoms with E-state index in [0.717, 1.165) is 12.8 Å². The number of anilines is 1. The van der Waals surface area contributed by atoms with E-state index in [2.05, 4.69) is 15.3 Å². The molecule has 1 amide bonds. The molecule has 0 bridgehead atoms. The van der Waals surface area contributed by atoms with Gasteiger partial charge >= 0.3 is 5.97 Å². The van der Waals surface area contributed by atoms with E-state index in [1.165, 1.54) is 12.4 Å². The lowest BCUT2D eigenvalue weighted by Gasteiger charge is -2.07. The minimum Gasteiger partial charge on any atom is -0.481 e. The second-order valence-electron chi connectivity index (χ2n) is 3.75. The summed E-state index contributed by atoms with van der Waals surface area (Å²) in [6.07, 6.45) is 5.28. The van der Waals surface area contributed by atoms with Crippen LogP contribution < -0.4 is 11.1 Å². The van der Waals surface area contributed by atoms with E-state index in [4.69, 9.17) is 10.8 Å². The molecule has 0 saturated carbocycles. The van der Waals surface area contributed by atoms with E-state index in [1.807, 2.05) is 0 Å². The van der Waals surface area contributed by atoms with Crippen LogP contribution in [-0.4, -0.2) is 33.5 Å². The Kier molecular flexibility index (Phi) is 5.56. The van der Waals surface area contributed by atoms with Gasteiger partial charge in [0.25, 0.3) is 5.91 Å². The molecule has 18 heavy (non-hydrogen) atoms. The molecule has 0 unspecified atom stereocenters. The van der Waals surface area contributed by atoms with Crippen LogP contribution in [0.2, 0.25) is 0 Å². The second kappa shape index (κ2) is 7.21. The van der Waals surface area contributed by atoms with Gasteiger partial charge in [-0.15, -0.1) is 0 Å². The van der Waals surface area contributed by atoms with Crippen molar-refractivity contribution in [2.45, 2.75) is 25.7 Å². The maximum atomic E-state index is 11.0. The molecule has 0 spiro atoms. The Hall–Kier alpha value is -2.18. The topological polar surface area (TPSA) is 118 Å². The van der Waals surface area contributed by atoms with Gasteiger partial charge in [-0.25, -0.2) is 9.97 Å². The third kappa shape index (κ3) is 4.77. The fraction of sp³-hybridized carbons (Fsp3) is 0.455. The highest BCUT2D eigenvalue weighted by Crippen LogP contribution is 2.08. The van der Waals surface area contributed by atoms with E-state index >= 15 is 0 Å². The summed E-state index contributed by atoms with van der Waals surface area (Å²) in [5.41, 5.74) is 5.27. The Labute approximate surface area is 104 Å². The van der Waals surface area contributed by atoms with E-state index < -0.39 is 11.9 Å². The molecule has 1 aromatic rings. The Morgan fingerprint density at radius 2 is 1.94 bits per heavy atom. The van der Waals surface area contributed by atoms with Crippen LogP contribution in [0.3, 0.4) is 0 Å². The van der Waals surface area contributed by atoms with Gasteiger partial charge in [-0.2, -0.15) is 0 Å². The fourth-order valence-corrected chi connectivity index (χ4v) is 1.43. The van der Waals surface area contributed by atoms with Gasteiger partial charge in [-0.1, -0.05) is 6.42 Å². The minimum atomic E-state index is -0.784. The number of carbonyl (C=O) groups is 2. The molecule has 1 aromatic heterocycles. The first kappa shape index (κ1) is 13.9. The molecule has 0 saturated heterocycles. The number of nitrogens with one attached hydrogen (secondary N) is 1. The number of primary amides is 1. The number of hydrogen-bond donors (Lipinski definition) is 3. The lowest BCUT2D eigenvalue weighted by Crippen LogP contribution is -2.17. The molecule has 1 rings (SSSR count). The van der Waals surface area contributed by atoms with Crippen LogP contribution in [-0.2, 0) is 4.79 Å². The van der Waals surface area contributed by atoms with Crippen molar-refractivity contribution in [1.82, 2.24) is 9.97 Å². The first-order valence-corrected chi connectivity index (χ1v) is 5.67. The summed E-state index contributed by atoms with van der Waals surface area (Å²) in [4.78, 5) is 29.2. The zero-order valence-electron chi connectivity index (χ0n) is 9.93. The molecule has 0 aliphatic carbocycles. The molecule has 0 radical (unpaired) electrons. The number of nitrogens with zero attached hydrogens (tertiary/aromatic N) is 2. The molecular formula is C11H16N4O3. The Morgan fingerprint density at radius 1 is 1.22 bits per heavy atom. The number of aromatic nitrogens is 2.